The minimum Gasteiger partial charge on any atom is -0.0925 e. The SMILES string of the molecule is CCCC(CBr)CCCC(C)C. The first-order valence-corrected chi connectivity index (χ1v) is 6.38. The molecule has 0 aliphatic rings. The van der Waals surface area contributed by atoms with Gasteiger partial charge in [-0.2, -0.15) is 0 Å². The Bertz CT molecular complexity index is 89.0. The summed E-state index contributed by atoms with van der Waals surface area (Å²) in [5, 5.41) is 1.19. The van der Waals surface area contributed by atoms with Crippen molar-refractivity contribution in [3.63, 3.8) is 0 Å². The van der Waals surface area contributed by atoms with Gasteiger partial charge in [-0.1, -0.05) is 56.0 Å². The van der Waals surface area contributed by atoms with Gasteiger partial charge in [0.1, 0.15) is 0 Å². The van der Waals surface area contributed by atoms with Gasteiger partial charge in [-0.25, -0.2) is 0 Å². The molecule has 0 N–H and O–H groups in total. The molecule has 0 saturated heterocycles. The first-order valence-electron chi connectivity index (χ1n) is 5.26. The summed E-state index contributed by atoms with van der Waals surface area (Å²) in [7, 11) is 0. The highest BCUT2D eigenvalue weighted by Crippen LogP contribution is 2.18. The van der Waals surface area contributed by atoms with Crippen molar-refractivity contribution in [2.24, 2.45) is 11.8 Å². The number of hydrogen-bond donors (Lipinski definition) is 0. The van der Waals surface area contributed by atoms with Gasteiger partial charge in [0.2, 0.25) is 0 Å². The highest BCUT2D eigenvalue weighted by Gasteiger charge is 2.05. The predicted molar refractivity (Wildman–Crippen MR) is 60.9 cm³/mol. The molecule has 0 aromatic heterocycles. The summed E-state index contributed by atoms with van der Waals surface area (Å²) in [6, 6.07) is 0. The molecule has 0 heterocycles. The average Bonchev–Trinajstić information content (AvgIpc) is 2.02. The maximum Gasteiger partial charge on any atom is 0.00596 e. The van der Waals surface area contributed by atoms with Crippen molar-refractivity contribution < 1.29 is 0 Å². The lowest BCUT2D eigenvalue weighted by Crippen LogP contribution is -2.02. The maximum atomic E-state index is 3.58. The fourth-order valence-electron chi connectivity index (χ4n) is 1.52. The van der Waals surface area contributed by atoms with Gasteiger partial charge in [-0.3, -0.25) is 0 Å². The van der Waals surface area contributed by atoms with E-state index in [0.717, 1.165) is 11.8 Å². The lowest BCUT2D eigenvalue weighted by Gasteiger charge is -2.13. The van der Waals surface area contributed by atoms with Gasteiger partial charge in [0.05, 0.1) is 0 Å². The third-order valence-corrected chi connectivity index (χ3v) is 3.22. The van der Waals surface area contributed by atoms with Gasteiger partial charge in [0, 0.05) is 5.33 Å². The second kappa shape index (κ2) is 8.10. The molecule has 0 aromatic carbocycles. The molecule has 0 spiro atoms. The monoisotopic (exact) mass is 234 g/mol. The molecular weight excluding hydrogens is 212 g/mol. The average molecular weight is 235 g/mol. The highest BCUT2D eigenvalue weighted by atomic mass is 79.9. The molecule has 0 rings (SSSR count). The van der Waals surface area contributed by atoms with Crippen LogP contribution in [0, 0.1) is 11.8 Å². The van der Waals surface area contributed by atoms with Gasteiger partial charge in [-0.05, 0) is 24.7 Å². The van der Waals surface area contributed by atoms with Crippen LogP contribution in [0.4, 0.5) is 0 Å². The zero-order valence-electron chi connectivity index (χ0n) is 8.78. The molecule has 1 heteroatoms. The number of rotatable bonds is 7. The van der Waals surface area contributed by atoms with Crippen molar-refractivity contribution in [2.75, 3.05) is 5.33 Å². The molecule has 12 heavy (non-hydrogen) atoms. The smallest absolute Gasteiger partial charge is 0.00596 e. The van der Waals surface area contributed by atoms with Crippen molar-refractivity contribution in [3.05, 3.63) is 0 Å². The summed E-state index contributed by atoms with van der Waals surface area (Å²) in [5.74, 6) is 1.80. The van der Waals surface area contributed by atoms with E-state index in [2.05, 4.69) is 36.7 Å². The largest absolute Gasteiger partial charge is 0.0925 e. The molecule has 0 bridgehead atoms. The second-order valence-corrected chi connectivity index (χ2v) is 4.78. The molecule has 0 fully saturated rings. The van der Waals surface area contributed by atoms with Gasteiger partial charge >= 0.3 is 0 Å². The molecule has 0 aliphatic carbocycles. The summed E-state index contributed by atoms with van der Waals surface area (Å²) in [4.78, 5) is 0. The highest BCUT2D eigenvalue weighted by molar-refractivity contribution is 9.09. The summed E-state index contributed by atoms with van der Waals surface area (Å²) >= 11 is 3.58. The van der Waals surface area contributed by atoms with E-state index in [1.807, 2.05) is 0 Å². The van der Waals surface area contributed by atoms with Crippen LogP contribution in [0.3, 0.4) is 0 Å². The zero-order valence-corrected chi connectivity index (χ0v) is 10.4. The minimum absolute atomic E-state index is 0.877. The van der Waals surface area contributed by atoms with Crippen LogP contribution in [-0.4, -0.2) is 5.33 Å². The van der Waals surface area contributed by atoms with Gasteiger partial charge in [-0.15, -0.1) is 0 Å². The molecule has 1 unspecified atom stereocenters. The molecule has 0 amide bonds. The fraction of sp³-hybridized carbons (Fsp3) is 1.00. The Labute approximate surface area is 86.3 Å². The Kier molecular flexibility index (Phi) is 8.42. The van der Waals surface area contributed by atoms with Crippen LogP contribution in [0.15, 0.2) is 0 Å². The molecule has 0 aliphatic heterocycles. The van der Waals surface area contributed by atoms with E-state index in [4.69, 9.17) is 0 Å². The third-order valence-electron chi connectivity index (χ3n) is 2.31. The van der Waals surface area contributed by atoms with Crippen LogP contribution in [0.1, 0.15) is 52.9 Å². The maximum absolute atomic E-state index is 3.58. The second-order valence-electron chi connectivity index (χ2n) is 4.13. The summed E-state index contributed by atoms with van der Waals surface area (Å²) in [6.07, 6.45) is 6.94. The van der Waals surface area contributed by atoms with Crippen LogP contribution in [0.2, 0.25) is 0 Å². The molecule has 0 nitrogen and oxygen atoms in total. The predicted octanol–water partition coefficient (Wildman–Crippen LogP) is 4.62. The Morgan fingerprint density at radius 2 is 1.75 bits per heavy atom. The van der Waals surface area contributed by atoms with E-state index in [-0.39, 0.29) is 0 Å². The summed E-state index contributed by atoms with van der Waals surface area (Å²) in [6.45, 7) is 6.89. The zero-order chi connectivity index (χ0) is 9.40. The number of alkyl halides is 1. The van der Waals surface area contributed by atoms with Gasteiger partial charge < -0.3 is 0 Å². The van der Waals surface area contributed by atoms with E-state index in [1.165, 1.54) is 37.4 Å². The van der Waals surface area contributed by atoms with Crippen LogP contribution >= 0.6 is 15.9 Å². The van der Waals surface area contributed by atoms with Gasteiger partial charge in [0.15, 0.2) is 0 Å². The van der Waals surface area contributed by atoms with E-state index < -0.39 is 0 Å². The van der Waals surface area contributed by atoms with Crippen molar-refractivity contribution in [3.8, 4) is 0 Å². The van der Waals surface area contributed by atoms with Crippen LogP contribution in [-0.2, 0) is 0 Å². The van der Waals surface area contributed by atoms with E-state index in [0.29, 0.717) is 0 Å². The van der Waals surface area contributed by atoms with Crippen LogP contribution < -0.4 is 0 Å². The fourth-order valence-corrected chi connectivity index (χ4v) is 2.17. The first kappa shape index (κ1) is 12.5. The molecule has 74 valence electrons. The molecule has 0 aromatic rings. The van der Waals surface area contributed by atoms with Crippen molar-refractivity contribution >= 4 is 15.9 Å². The lowest BCUT2D eigenvalue weighted by atomic mass is 9.96. The van der Waals surface area contributed by atoms with Crippen molar-refractivity contribution in [1.82, 2.24) is 0 Å². The molecule has 1 atom stereocenters. The minimum atomic E-state index is 0.877. The Hall–Kier alpha value is 0.480. The quantitative estimate of drug-likeness (QED) is 0.564. The number of halogens is 1. The molecular formula is C11H23Br. The van der Waals surface area contributed by atoms with E-state index >= 15 is 0 Å². The van der Waals surface area contributed by atoms with E-state index in [1.54, 1.807) is 0 Å². The summed E-state index contributed by atoms with van der Waals surface area (Å²) < 4.78 is 0. The summed E-state index contributed by atoms with van der Waals surface area (Å²) in [5.41, 5.74) is 0. The standard InChI is InChI=1S/C11H23Br/c1-4-6-11(9-12)8-5-7-10(2)3/h10-11H,4-9H2,1-3H3. The third kappa shape index (κ3) is 7.15. The van der Waals surface area contributed by atoms with Crippen molar-refractivity contribution in [2.45, 2.75) is 52.9 Å². The normalized spacial score (nSPS) is 13.8. The first-order chi connectivity index (χ1) is 5.70. The molecule has 0 radical (unpaired) electrons. The van der Waals surface area contributed by atoms with Gasteiger partial charge in [0.25, 0.3) is 0 Å². The molecule has 0 saturated carbocycles. The lowest BCUT2D eigenvalue weighted by molar-refractivity contribution is 0.440. The van der Waals surface area contributed by atoms with Crippen molar-refractivity contribution in [1.29, 1.82) is 0 Å². The number of hydrogen-bond acceptors (Lipinski definition) is 0. The van der Waals surface area contributed by atoms with E-state index in [9.17, 15) is 0 Å². The van der Waals surface area contributed by atoms with Crippen LogP contribution in [0.5, 0.6) is 0 Å². The Morgan fingerprint density at radius 3 is 2.17 bits per heavy atom. The Balaban J connectivity index is 3.31. The van der Waals surface area contributed by atoms with Crippen LogP contribution in [0.25, 0.3) is 0 Å². The Morgan fingerprint density at radius 1 is 1.08 bits per heavy atom. The topological polar surface area (TPSA) is 0 Å².